The van der Waals surface area contributed by atoms with Crippen LogP contribution in [0.4, 0.5) is 5.82 Å². The van der Waals surface area contributed by atoms with Gasteiger partial charge in [-0.15, -0.1) is 0 Å². The summed E-state index contributed by atoms with van der Waals surface area (Å²) in [6, 6.07) is 14.6. The van der Waals surface area contributed by atoms with E-state index in [1.165, 1.54) is 24.0 Å². The quantitative estimate of drug-likeness (QED) is 0.932. The van der Waals surface area contributed by atoms with Crippen molar-refractivity contribution in [1.82, 2.24) is 9.88 Å². The van der Waals surface area contributed by atoms with E-state index < -0.39 is 5.97 Å². The molecular weight excluding hydrogens is 314 g/mol. The molecule has 130 valence electrons. The number of benzene rings is 1. The van der Waals surface area contributed by atoms with Crippen LogP contribution in [0.15, 0.2) is 42.5 Å². The van der Waals surface area contributed by atoms with Gasteiger partial charge in [-0.2, -0.15) is 0 Å². The van der Waals surface area contributed by atoms with Gasteiger partial charge in [0.25, 0.3) is 0 Å². The van der Waals surface area contributed by atoms with Crippen LogP contribution >= 0.6 is 0 Å². The zero-order valence-electron chi connectivity index (χ0n) is 14.3. The molecule has 1 aliphatic heterocycles. The van der Waals surface area contributed by atoms with E-state index in [4.69, 9.17) is 5.11 Å². The number of aromatic carboxylic acids is 1. The molecule has 1 aliphatic carbocycles. The van der Waals surface area contributed by atoms with E-state index in [1.54, 1.807) is 12.1 Å². The second-order valence-corrected chi connectivity index (χ2v) is 6.87. The maximum absolute atomic E-state index is 11.1. The zero-order valence-corrected chi connectivity index (χ0v) is 14.3. The van der Waals surface area contributed by atoms with Crippen molar-refractivity contribution in [3.05, 3.63) is 59.3 Å². The Kier molecular flexibility index (Phi) is 4.40. The number of aryl methyl sites for hydroxylation is 1. The fourth-order valence-corrected chi connectivity index (χ4v) is 4.02. The van der Waals surface area contributed by atoms with Crippen LogP contribution in [0.3, 0.4) is 0 Å². The first kappa shape index (κ1) is 16.1. The van der Waals surface area contributed by atoms with Crippen LogP contribution in [0.25, 0.3) is 0 Å². The second-order valence-electron chi connectivity index (χ2n) is 6.87. The van der Waals surface area contributed by atoms with Crippen molar-refractivity contribution in [3.8, 4) is 0 Å². The number of anilines is 1. The third kappa shape index (κ3) is 3.37. The largest absolute Gasteiger partial charge is 0.477 e. The van der Waals surface area contributed by atoms with Gasteiger partial charge in [0.1, 0.15) is 5.82 Å². The summed E-state index contributed by atoms with van der Waals surface area (Å²) in [5, 5.41) is 9.11. The summed E-state index contributed by atoms with van der Waals surface area (Å²) in [6.45, 7) is 3.81. The monoisotopic (exact) mass is 337 g/mol. The van der Waals surface area contributed by atoms with Crippen LogP contribution < -0.4 is 4.90 Å². The summed E-state index contributed by atoms with van der Waals surface area (Å²) in [5.74, 6) is -0.199. The summed E-state index contributed by atoms with van der Waals surface area (Å²) in [4.78, 5) is 20.2. The van der Waals surface area contributed by atoms with Crippen molar-refractivity contribution in [1.29, 1.82) is 0 Å². The lowest BCUT2D eigenvalue weighted by Gasteiger charge is -2.41. The Morgan fingerprint density at radius 1 is 1.00 bits per heavy atom. The second kappa shape index (κ2) is 6.84. The van der Waals surface area contributed by atoms with Crippen molar-refractivity contribution in [2.45, 2.75) is 25.3 Å². The number of aromatic nitrogens is 1. The minimum absolute atomic E-state index is 0.115. The number of hydrogen-bond donors (Lipinski definition) is 1. The molecule has 0 unspecified atom stereocenters. The number of carbonyl (C=O) groups is 1. The molecule has 5 nitrogen and oxygen atoms in total. The van der Waals surface area contributed by atoms with Crippen LogP contribution in [0, 0.1) is 0 Å². The third-order valence-corrected chi connectivity index (χ3v) is 5.43. The van der Waals surface area contributed by atoms with Gasteiger partial charge < -0.3 is 10.0 Å². The van der Waals surface area contributed by atoms with Crippen molar-refractivity contribution in [2.75, 3.05) is 31.1 Å². The highest BCUT2D eigenvalue weighted by Crippen LogP contribution is 2.26. The summed E-state index contributed by atoms with van der Waals surface area (Å²) in [6.07, 6.45) is 3.54. The van der Waals surface area contributed by atoms with Crippen LogP contribution in [-0.4, -0.2) is 53.2 Å². The topological polar surface area (TPSA) is 56.7 Å². The number of hydrogen-bond acceptors (Lipinski definition) is 4. The number of nitrogens with zero attached hydrogens (tertiary/aromatic N) is 3. The van der Waals surface area contributed by atoms with Gasteiger partial charge in [-0.25, -0.2) is 9.78 Å². The first-order valence-corrected chi connectivity index (χ1v) is 8.97. The Morgan fingerprint density at radius 3 is 2.52 bits per heavy atom. The van der Waals surface area contributed by atoms with Crippen LogP contribution in [0.1, 0.15) is 28.0 Å². The average Bonchev–Trinajstić information content (AvgIpc) is 2.68. The Hall–Kier alpha value is -2.40. The van der Waals surface area contributed by atoms with Gasteiger partial charge in [0.2, 0.25) is 0 Å². The van der Waals surface area contributed by atoms with Gasteiger partial charge in [0.05, 0.1) is 0 Å². The number of pyridine rings is 1. The molecule has 1 saturated heterocycles. The maximum Gasteiger partial charge on any atom is 0.354 e. The molecule has 0 spiro atoms. The summed E-state index contributed by atoms with van der Waals surface area (Å²) >= 11 is 0. The molecule has 2 heterocycles. The first-order valence-electron chi connectivity index (χ1n) is 8.97. The molecule has 1 fully saturated rings. The van der Waals surface area contributed by atoms with Crippen molar-refractivity contribution >= 4 is 11.8 Å². The third-order valence-electron chi connectivity index (χ3n) is 5.43. The number of rotatable bonds is 3. The van der Waals surface area contributed by atoms with E-state index >= 15 is 0 Å². The van der Waals surface area contributed by atoms with Crippen LogP contribution in [0.5, 0.6) is 0 Å². The highest BCUT2D eigenvalue weighted by Gasteiger charge is 2.27. The maximum atomic E-state index is 11.1. The average molecular weight is 337 g/mol. The molecule has 0 amide bonds. The number of carboxylic acids is 1. The molecule has 5 heteroatoms. The van der Waals surface area contributed by atoms with Crippen molar-refractivity contribution in [2.24, 2.45) is 0 Å². The van der Waals surface area contributed by atoms with Gasteiger partial charge in [-0.05, 0) is 42.5 Å². The minimum Gasteiger partial charge on any atom is -0.477 e. The van der Waals surface area contributed by atoms with Gasteiger partial charge in [0, 0.05) is 32.2 Å². The molecule has 1 N–H and O–H groups in total. The lowest BCUT2D eigenvalue weighted by atomic mass is 9.87. The molecule has 0 saturated carbocycles. The molecule has 1 aromatic carbocycles. The Labute approximate surface area is 147 Å². The molecule has 0 radical (unpaired) electrons. The molecule has 1 aromatic heterocycles. The first-order chi connectivity index (χ1) is 12.2. The summed E-state index contributed by atoms with van der Waals surface area (Å²) < 4.78 is 0. The lowest BCUT2D eigenvalue weighted by Crippen LogP contribution is -2.52. The van der Waals surface area contributed by atoms with Crippen LogP contribution in [-0.2, 0) is 12.8 Å². The number of carboxylic acid groups (broad SMARTS) is 1. The highest BCUT2D eigenvalue weighted by molar-refractivity contribution is 5.85. The van der Waals surface area contributed by atoms with Crippen LogP contribution in [0.2, 0.25) is 0 Å². The molecule has 25 heavy (non-hydrogen) atoms. The zero-order chi connectivity index (χ0) is 17.2. The summed E-state index contributed by atoms with van der Waals surface area (Å²) in [7, 11) is 0. The molecule has 2 aliphatic rings. The van der Waals surface area contributed by atoms with Gasteiger partial charge in [0.15, 0.2) is 5.69 Å². The predicted molar refractivity (Wildman–Crippen MR) is 97.2 cm³/mol. The SMILES string of the molecule is O=C(O)c1cccc(N2CCN([C@@H]3CCc4ccccc4C3)CC2)n1. The van der Waals surface area contributed by atoms with Crippen molar-refractivity contribution < 1.29 is 9.90 Å². The Bertz CT molecular complexity index is 769. The Morgan fingerprint density at radius 2 is 1.76 bits per heavy atom. The van der Waals surface area contributed by atoms with E-state index in [2.05, 4.69) is 39.0 Å². The van der Waals surface area contributed by atoms with E-state index in [0.29, 0.717) is 6.04 Å². The van der Waals surface area contributed by atoms with E-state index in [-0.39, 0.29) is 5.69 Å². The molecule has 0 bridgehead atoms. The highest BCUT2D eigenvalue weighted by atomic mass is 16.4. The fourth-order valence-electron chi connectivity index (χ4n) is 4.02. The van der Waals surface area contributed by atoms with Gasteiger partial charge in [-0.1, -0.05) is 30.3 Å². The molecule has 2 aromatic rings. The molecule has 4 rings (SSSR count). The van der Waals surface area contributed by atoms with Gasteiger partial charge >= 0.3 is 5.97 Å². The number of fused-ring (bicyclic) bond motifs is 1. The normalized spacial score (nSPS) is 21.0. The van der Waals surface area contributed by atoms with Gasteiger partial charge in [-0.3, -0.25) is 4.90 Å². The predicted octanol–water partition coefficient (Wildman–Crippen LogP) is 2.46. The lowest BCUT2D eigenvalue weighted by molar-refractivity contribution is 0.0690. The van der Waals surface area contributed by atoms with E-state index in [9.17, 15) is 4.79 Å². The molecule has 1 atom stereocenters. The summed E-state index contributed by atoms with van der Waals surface area (Å²) in [5.41, 5.74) is 3.12. The molecular formula is C20H23N3O2. The minimum atomic E-state index is -0.971. The van der Waals surface area contributed by atoms with E-state index in [1.807, 2.05) is 6.07 Å². The number of piperazine rings is 1. The standard InChI is InChI=1S/C20H23N3O2/c24-20(25)18-6-3-7-19(21-18)23-12-10-22(11-13-23)17-9-8-15-4-1-2-5-16(15)14-17/h1-7,17H,8-14H2,(H,24,25)/t17-/m1/s1. The van der Waals surface area contributed by atoms with Crippen molar-refractivity contribution in [3.63, 3.8) is 0 Å². The Balaban J connectivity index is 1.39. The fraction of sp³-hybridized carbons (Fsp3) is 0.400. The van der Waals surface area contributed by atoms with E-state index in [0.717, 1.165) is 38.4 Å². The smallest absolute Gasteiger partial charge is 0.354 e.